The molecular weight excluding hydrogens is 332 g/mol. The van der Waals surface area contributed by atoms with Crippen LogP contribution in [0.1, 0.15) is 18.5 Å². The molecule has 3 nitrogen and oxygen atoms in total. The van der Waals surface area contributed by atoms with Crippen LogP contribution < -0.4 is 5.32 Å². The Morgan fingerprint density at radius 1 is 0.889 bits per heavy atom. The molecule has 5 rings (SSSR count). The molecule has 138 valence electrons. The summed E-state index contributed by atoms with van der Waals surface area (Å²) in [6, 6.07) is 25.2. The van der Waals surface area contributed by atoms with Crippen LogP contribution in [-0.2, 0) is 0 Å². The van der Waals surface area contributed by atoms with Gasteiger partial charge in [0, 0.05) is 25.7 Å². The maximum absolute atomic E-state index is 9.25. The molecule has 0 amide bonds. The number of piperazine rings is 1. The van der Waals surface area contributed by atoms with Gasteiger partial charge < -0.3 is 10.4 Å². The summed E-state index contributed by atoms with van der Waals surface area (Å²) in [6.07, 6.45) is 0. The third kappa shape index (κ3) is 4.21. The van der Waals surface area contributed by atoms with Crippen molar-refractivity contribution >= 4 is 0 Å². The first kappa shape index (κ1) is 17.8. The maximum Gasteiger partial charge on any atom is 0.115 e. The van der Waals surface area contributed by atoms with Gasteiger partial charge in [0.2, 0.25) is 0 Å². The molecule has 27 heavy (non-hydrogen) atoms. The molecule has 0 bridgehead atoms. The number of hydrogen-bond acceptors (Lipinski definition) is 3. The van der Waals surface area contributed by atoms with E-state index in [0.717, 1.165) is 26.2 Å². The molecule has 1 saturated heterocycles. The van der Waals surface area contributed by atoms with Gasteiger partial charge >= 0.3 is 0 Å². The van der Waals surface area contributed by atoms with E-state index in [-0.39, 0.29) is 0 Å². The van der Waals surface area contributed by atoms with Gasteiger partial charge in [-0.2, -0.15) is 0 Å². The number of rotatable bonds is 3. The number of fused-ring (bicyclic) bond motifs is 1. The number of hydrogen-bond donors (Lipinski definition) is 2. The number of aromatic hydroxyl groups is 1. The average Bonchev–Trinajstić information content (AvgIpc) is 3.35. The van der Waals surface area contributed by atoms with Crippen LogP contribution in [0.25, 0.3) is 22.3 Å². The Morgan fingerprint density at radius 3 is 2.15 bits per heavy atom. The van der Waals surface area contributed by atoms with Crippen LogP contribution in [0.4, 0.5) is 0 Å². The highest BCUT2D eigenvalue weighted by atomic mass is 16.3. The molecule has 3 heteroatoms. The van der Waals surface area contributed by atoms with Crippen LogP contribution in [0, 0.1) is 0 Å². The van der Waals surface area contributed by atoms with Gasteiger partial charge in [0.25, 0.3) is 0 Å². The van der Waals surface area contributed by atoms with E-state index >= 15 is 0 Å². The molecule has 2 aromatic rings. The summed E-state index contributed by atoms with van der Waals surface area (Å²) < 4.78 is 0. The highest BCUT2D eigenvalue weighted by Gasteiger charge is 2.21. The zero-order valence-corrected chi connectivity index (χ0v) is 15.7. The van der Waals surface area contributed by atoms with E-state index in [9.17, 15) is 5.11 Å². The lowest BCUT2D eigenvalue weighted by Gasteiger charge is -2.35. The van der Waals surface area contributed by atoms with Crippen molar-refractivity contribution < 1.29 is 5.11 Å². The van der Waals surface area contributed by atoms with E-state index in [1.54, 1.807) is 12.1 Å². The minimum Gasteiger partial charge on any atom is -0.508 e. The lowest BCUT2D eigenvalue weighted by atomic mass is 10.0. The fraction of sp³-hybridized carbons (Fsp3) is 0.250. The molecule has 1 atom stereocenters. The summed E-state index contributed by atoms with van der Waals surface area (Å²) in [5, 5.41) is 12.7. The van der Waals surface area contributed by atoms with Crippen LogP contribution in [0.3, 0.4) is 0 Å². The Labute approximate surface area is 161 Å². The molecule has 1 unspecified atom stereocenters. The molecule has 0 aromatic heterocycles. The average molecular weight is 358 g/mol. The molecule has 0 radical (unpaired) electrons. The Morgan fingerprint density at radius 2 is 1.52 bits per heavy atom. The van der Waals surface area contributed by atoms with Crippen molar-refractivity contribution in [2.75, 3.05) is 26.2 Å². The first-order valence-electron chi connectivity index (χ1n) is 9.69. The molecule has 2 aromatic carbocycles. The Kier molecular flexibility index (Phi) is 5.23. The quantitative estimate of drug-likeness (QED) is 0.558. The summed E-state index contributed by atoms with van der Waals surface area (Å²) in [5.41, 5.74) is 6.77. The standard InChI is InChI=1S/C12H18N2O.C12H8/c1-2-14-8-7-13-9-12(14)10-3-5-11(15)6-4-10;1-2-4-9(5-3-1)10-6-11-8-12(11)7-10/h3-6,12-13,15H,2,7-9H2,1H3;1-8H. The second-order valence-electron chi connectivity index (χ2n) is 7.11. The first-order valence-corrected chi connectivity index (χ1v) is 9.69. The van der Waals surface area contributed by atoms with Gasteiger partial charge in [-0.05, 0) is 64.7 Å². The van der Waals surface area contributed by atoms with E-state index in [1.807, 2.05) is 18.2 Å². The van der Waals surface area contributed by atoms with Crippen molar-refractivity contribution in [3.8, 4) is 28.0 Å². The normalized spacial score (nSPS) is 17.7. The predicted octanol–water partition coefficient (Wildman–Crippen LogP) is 4.69. The number of phenolic OH excluding ortho intramolecular Hbond substituents is 1. The summed E-state index contributed by atoms with van der Waals surface area (Å²) >= 11 is 0. The number of likely N-dealkylation sites (N-methyl/N-ethyl adjacent to an activating group) is 1. The summed E-state index contributed by atoms with van der Waals surface area (Å²) in [5.74, 6) is 0.338. The van der Waals surface area contributed by atoms with Gasteiger partial charge in [-0.15, -0.1) is 0 Å². The van der Waals surface area contributed by atoms with E-state index in [0.29, 0.717) is 11.8 Å². The largest absolute Gasteiger partial charge is 0.508 e. The zero-order chi connectivity index (χ0) is 18.6. The van der Waals surface area contributed by atoms with Crippen LogP contribution in [0.15, 0.2) is 72.8 Å². The molecular formula is C24H26N2O. The number of nitrogens with zero attached hydrogens (tertiary/aromatic N) is 1. The highest BCUT2D eigenvalue weighted by Crippen LogP contribution is 2.40. The predicted molar refractivity (Wildman–Crippen MR) is 112 cm³/mol. The number of nitrogens with one attached hydrogen (secondary N) is 1. The summed E-state index contributed by atoms with van der Waals surface area (Å²) in [6.45, 7) is 6.44. The molecule has 3 aliphatic rings. The first-order chi connectivity index (χ1) is 13.2. The molecule has 0 spiro atoms. The highest BCUT2D eigenvalue weighted by molar-refractivity contribution is 5.89. The van der Waals surface area contributed by atoms with Gasteiger partial charge in [-0.25, -0.2) is 0 Å². The fourth-order valence-corrected chi connectivity index (χ4v) is 3.71. The van der Waals surface area contributed by atoms with Gasteiger partial charge in [0.1, 0.15) is 5.75 Å². The third-order valence-electron chi connectivity index (χ3n) is 5.33. The minimum atomic E-state index is 0.338. The molecule has 1 heterocycles. The monoisotopic (exact) mass is 358 g/mol. The van der Waals surface area contributed by atoms with Crippen molar-refractivity contribution in [3.05, 3.63) is 78.4 Å². The van der Waals surface area contributed by atoms with E-state index in [1.165, 1.54) is 27.8 Å². The summed E-state index contributed by atoms with van der Waals surface area (Å²) in [7, 11) is 0. The van der Waals surface area contributed by atoms with E-state index in [4.69, 9.17) is 0 Å². The van der Waals surface area contributed by atoms with E-state index in [2.05, 4.69) is 59.6 Å². The number of benzene rings is 3. The molecule has 2 aliphatic carbocycles. The summed E-state index contributed by atoms with van der Waals surface area (Å²) in [4.78, 5) is 2.46. The molecule has 2 N–H and O–H groups in total. The minimum absolute atomic E-state index is 0.338. The SMILES string of the molecule is CCN1CCNCC1c1ccc(O)cc1.c1ccc(-c2cc3cc-3c2)cc1. The Bertz CT molecular complexity index is 870. The van der Waals surface area contributed by atoms with Crippen molar-refractivity contribution in [1.82, 2.24) is 10.2 Å². The van der Waals surface area contributed by atoms with Crippen molar-refractivity contribution in [2.24, 2.45) is 0 Å². The molecule has 1 fully saturated rings. The van der Waals surface area contributed by atoms with Gasteiger partial charge in [-0.1, -0.05) is 49.4 Å². The van der Waals surface area contributed by atoms with Gasteiger partial charge in [0.05, 0.1) is 0 Å². The second kappa shape index (κ2) is 7.95. The lowest BCUT2D eigenvalue weighted by Crippen LogP contribution is -2.45. The molecule has 1 aliphatic heterocycles. The van der Waals surface area contributed by atoms with Crippen LogP contribution in [-0.4, -0.2) is 36.2 Å². The van der Waals surface area contributed by atoms with Crippen LogP contribution in [0.5, 0.6) is 5.75 Å². The number of phenols is 1. The van der Waals surface area contributed by atoms with Crippen molar-refractivity contribution in [3.63, 3.8) is 0 Å². The smallest absolute Gasteiger partial charge is 0.115 e. The van der Waals surface area contributed by atoms with Crippen LogP contribution >= 0.6 is 0 Å². The fourth-order valence-electron chi connectivity index (χ4n) is 3.71. The van der Waals surface area contributed by atoms with Crippen LogP contribution in [0.2, 0.25) is 0 Å². The zero-order valence-electron chi connectivity index (χ0n) is 15.7. The topological polar surface area (TPSA) is 35.5 Å². The Balaban J connectivity index is 0.000000136. The third-order valence-corrected chi connectivity index (χ3v) is 5.33. The van der Waals surface area contributed by atoms with Gasteiger partial charge in [-0.3, -0.25) is 4.90 Å². The maximum atomic E-state index is 9.25. The van der Waals surface area contributed by atoms with Crippen molar-refractivity contribution in [1.29, 1.82) is 0 Å². The Hall–Kier alpha value is -2.62. The van der Waals surface area contributed by atoms with E-state index < -0.39 is 0 Å². The van der Waals surface area contributed by atoms with Gasteiger partial charge in [0.15, 0.2) is 0 Å². The second-order valence-corrected chi connectivity index (χ2v) is 7.11. The van der Waals surface area contributed by atoms with Crippen molar-refractivity contribution in [2.45, 2.75) is 13.0 Å². The lowest BCUT2D eigenvalue weighted by molar-refractivity contribution is 0.171. The molecule has 0 saturated carbocycles.